The van der Waals surface area contributed by atoms with Crippen LogP contribution in [0.4, 0.5) is 11.4 Å². The Kier molecular flexibility index (Phi) is 5.50. The molecule has 0 spiro atoms. The first-order valence-corrected chi connectivity index (χ1v) is 7.76. The highest BCUT2D eigenvalue weighted by Crippen LogP contribution is 2.31. The van der Waals surface area contributed by atoms with Gasteiger partial charge in [-0.05, 0) is 32.4 Å². The first-order valence-electron chi connectivity index (χ1n) is 7.38. The number of methoxy groups -OCH3 is 1. The average Bonchev–Trinajstić information content (AvgIpc) is 2.98. The average molecular weight is 337 g/mol. The summed E-state index contributed by atoms with van der Waals surface area (Å²) in [4.78, 5) is 12.4. The van der Waals surface area contributed by atoms with Crippen LogP contribution in [0.2, 0.25) is 5.02 Å². The molecule has 124 valence electrons. The van der Waals surface area contributed by atoms with Crippen molar-refractivity contribution < 1.29 is 9.53 Å². The number of nitrogens with one attached hydrogen (secondary N) is 2. The minimum atomic E-state index is -0.426. The molecule has 7 heteroatoms. The van der Waals surface area contributed by atoms with E-state index in [4.69, 9.17) is 16.3 Å². The molecule has 2 N–H and O–H groups in total. The fraction of sp³-hybridized carbons (Fsp3) is 0.375. The van der Waals surface area contributed by atoms with E-state index in [1.165, 1.54) is 7.11 Å². The summed E-state index contributed by atoms with van der Waals surface area (Å²) in [6.07, 6.45) is 3.55. The Morgan fingerprint density at radius 3 is 2.83 bits per heavy atom. The molecule has 0 unspecified atom stereocenters. The van der Waals surface area contributed by atoms with Crippen LogP contribution < -0.4 is 15.4 Å². The second-order valence-electron chi connectivity index (χ2n) is 5.24. The predicted octanol–water partition coefficient (Wildman–Crippen LogP) is 3.31. The SMILES string of the molecule is CCn1cc(N[C@H](C)C(=O)Nc2cc(C)c(Cl)cc2OC)cn1. The fourth-order valence-electron chi connectivity index (χ4n) is 2.10. The molecule has 0 saturated heterocycles. The maximum absolute atomic E-state index is 12.4. The lowest BCUT2D eigenvalue weighted by Crippen LogP contribution is -2.31. The summed E-state index contributed by atoms with van der Waals surface area (Å²) in [5.41, 5.74) is 2.26. The van der Waals surface area contributed by atoms with Gasteiger partial charge in [-0.1, -0.05) is 11.6 Å². The number of anilines is 2. The molecule has 2 aromatic rings. The number of halogens is 1. The van der Waals surface area contributed by atoms with Crippen molar-refractivity contribution in [1.82, 2.24) is 9.78 Å². The largest absolute Gasteiger partial charge is 0.495 e. The van der Waals surface area contributed by atoms with Gasteiger partial charge in [0.2, 0.25) is 5.91 Å². The smallest absolute Gasteiger partial charge is 0.246 e. The highest BCUT2D eigenvalue weighted by molar-refractivity contribution is 6.31. The Balaban J connectivity index is 2.07. The van der Waals surface area contributed by atoms with Gasteiger partial charge in [-0.25, -0.2) is 0 Å². The lowest BCUT2D eigenvalue weighted by Gasteiger charge is -2.16. The summed E-state index contributed by atoms with van der Waals surface area (Å²) in [6.45, 7) is 6.44. The third-order valence-corrected chi connectivity index (χ3v) is 3.88. The van der Waals surface area contributed by atoms with E-state index < -0.39 is 6.04 Å². The molecular formula is C16H21ClN4O2. The lowest BCUT2D eigenvalue weighted by atomic mass is 10.2. The third-order valence-electron chi connectivity index (χ3n) is 3.47. The van der Waals surface area contributed by atoms with E-state index in [-0.39, 0.29) is 5.91 Å². The Labute approximate surface area is 140 Å². The van der Waals surface area contributed by atoms with Gasteiger partial charge in [0.25, 0.3) is 0 Å². The number of carbonyl (C=O) groups is 1. The van der Waals surface area contributed by atoms with Gasteiger partial charge in [-0.15, -0.1) is 0 Å². The minimum absolute atomic E-state index is 0.172. The molecule has 23 heavy (non-hydrogen) atoms. The van der Waals surface area contributed by atoms with Gasteiger partial charge >= 0.3 is 0 Å². The molecule has 0 saturated carbocycles. The van der Waals surface area contributed by atoms with Crippen LogP contribution in [0.3, 0.4) is 0 Å². The first-order chi connectivity index (χ1) is 10.9. The monoisotopic (exact) mass is 336 g/mol. The summed E-state index contributed by atoms with van der Waals surface area (Å²) in [5, 5.41) is 10.7. The number of aryl methyl sites for hydroxylation is 2. The molecule has 0 aliphatic rings. The number of benzene rings is 1. The summed E-state index contributed by atoms with van der Waals surface area (Å²) >= 11 is 6.07. The number of rotatable bonds is 6. The van der Waals surface area contributed by atoms with E-state index in [0.29, 0.717) is 16.5 Å². The minimum Gasteiger partial charge on any atom is -0.495 e. The van der Waals surface area contributed by atoms with E-state index in [1.54, 1.807) is 29.9 Å². The summed E-state index contributed by atoms with van der Waals surface area (Å²) in [6, 6.07) is 3.06. The summed E-state index contributed by atoms with van der Waals surface area (Å²) < 4.78 is 7.06. The molecule has 0 aliphatic heterocycles. The zero-order valence-corrected chi connectivity index (χ0v) is 14.4. The number of nitrogens with zero attached hydrogens (tertiary/aromatic N) is 2. The predicted molar refractivity (Wildman–Crippen MR) is 92.4 cm³/mol. The highest BCUT2D eigenvalue weighted by atomic mass is 35.5. The van der Waals surface area contributed by atoms with Gasteiger partial charge < -0.3 is 15.4 Å². The van der Waals surface area contributed by atoms with Crippen LogP contribution in [0.5, 0.6) is 5.75 Å². The van der Waals surface area contributed by atoms with Gasteiger partial charge in [-0.2, -0.15) is 5.10 Å². The standard InChI is InChI=1S/C16H21ClN4O2/c1-5-21-9-12(8-18-21)19-11(3)16(22)20-14-6-10(2)13(17)7-15(14)23-4/h6-9,11,19H,5H2,1-4H3,(H,20,22)/t11-/m1/s1. The highest BCUT2D eigenvalue weighted by Gasteiger charge is 2.16. The third kappa shape index (κ3) is 4.16. The zero-order chi connectivity index (χ0) is 17.0. The Morgan fingerprint density at radius 2 is 2.22 bits per heavy atom. The molecule has 0 radical (unpaired) electrons. The molecule has 1 atom stereocenters. The molecular weight excluding hydrogens is 316 g/mol. The van der Waals surface area contributed by atoms with Crippen molar-refractivity contribution >= 4 is 28.9 Å². The van der Waals surface area contributed by atoms with E-state index >= 15 is 0 Å². The zero-order valence-electron chi connectivity index (χ0n) is 13.7. The van der Waals surface area contributed by atoms with Crippen LogP contribution in [0.25, 0.3) is 0 Å². The van der Waals surface area contributed by atoms with Crippen molar-refractivity contribution in [2.45, 2.75) is 33.4 Å². The van der Waals surface area contributed by atoms with Crippen molar-refractivity contribution in [3.63, 3.8) is 0 Å². The Hall–Kier alpha value is -2.21. The van der Waals surface area contributed by atoms with Crippen molar-refractivity contribution in [3.8, 4) is 5.75 Å². The van der Waals surface area contributed by atoms with Crippen LogP contribution in [0.1, 0.15) is 19.4 Å². The Morgan fingerprint density at radius 1 is 1.48 bits per heavy atom. The molecule has 0 aliphatic carbocycles. The number of amides is 1. The number of carbonyl (C=O) groups excluding carboxylic acids is 1. The van der Waals surface area contributed by atoms with E-state index in [9.17, 15) is 4.79 Å². The molecule has 2 rings (SSSR count). The molecule has 6 nitrogen and oxygen atoms in total. The van der Waals surface area contributed by atoms with Gasteiger partial charge in [0.05, 0.1) is 24.7 Å². The maximum Gasteiger partial charge on any atom is 0.246 e. The summed E-state index contributed by atoms with van der Waals surface area (Å²) in [7, 11) is 1.54. The van der Waals surface area contributed by atoms with Gasteiger partial charge in [0, 0.05) is 23.8 Å². The molecule has 1 heterocycles. The van der Waals surface area contributed by atoms with Gasteiger partial charge in [0.1, 0.15) is 11.8 Å². The fourth-order valence-corrected chi connectivity index (χ4v) is 2.25. The van der Waals surface area contributed by atoms with Gasteiger partial charge in [-0.3, -0.25) is 9.48 Å². The topological polar surface area (TPSA) is 68.2 Å². The van der Waals surface area contributed by atoms with Crippen LogP contribution in [0, 0.1) is 6.92 Å². The number of hydrogen-bond donors (Lipinski definition) is 2. The first kappa shape index (κ1) is 17.1. The molecule has 1 aromatic carbocycles. The van der Waals surface area contributed by atoms with E-state index in [2.05, 4.69) is 15.7 Å². The number of hydrogen-bond acceptors (Lipinski definition) is 4. The van der Waals surface area contributed by atoms with Crippen molar-refractivity contribution in [2.75, 3.05) is 17.7 Å². The normalized spacial score (nSPS) is 11.9. The molecule has 1 aromatic heterocycles. The second kappa shape index (κ2) is 7.37. The van der Waals surface area contributed by atoms with Crippen molar-refractivity contribution in [3.05, 3.63) is 35.1 Å². The van der Waals surface area contributed by atoms with E-state index in [0.717, 1.165) is 17.8 Å². The number of ether oxygens (including phenoxy) is 1. The van der Waals surface area contributed by atoms with Crippen LogP contribution in [-0.2, 0) is 11.3 Å². The Bertz CT molecular complexity index is 699. The van der Waals surface area contributed by atoms with Crippen LogP contribution >= 0.6 is 11.6 Å². The maximum atomic E-state index is 12.4. The molecule has 0 bridgehead atoms. The quantitative estimate of drug-likeness (QED) is 0.849. The summed E-state index contributed by atoms with van der Waals surface area (Å²) in [5.74, 6) is 0.356. The number of aromatic nitrogens is 2. The molecule has 1 amide bonds. The second-order valence-corrected chi connectivity index (χ2v) is 5.65. The van der Waals surface area contributed by atoms with Crippen molar-refractivity contribution in [1.29, 1.82) is 0 Å². The molecule has 0 fully saturated rings. The van der Waals surface area contributed by atoms with E-state index in [1.807, 2.05) is 20.0 Å². The lowest BCUT2D eigenvalue weighted by molar-refractivity contribution is -0.116. The van der Waals surface area contributed by atoms with Crippen LogP contribution in [0.15, 0.2) is 24.5 Å². The van der Waals surface area contributed by atoms with Gasteiger partial charge in [0.15, 0.2) is 0 Å². The van der Waals surface area contributed by atoms with Crippen molar-refractivity contribution in [2.24, 2.45) is 0 Å². The van der Waals surface area contributed by atoms with Crippen LogP contribution in [-0.4, -0.2) is 28.8 Å².